The number of carbonyl (C=O) groups is 2. The molecular weight excluding hydrogens is 544 g/mol. The van der Waals surface area contributed by atoms with Crippen molar-refractivity contribution < 1.29 is 38.1 Å². The molecule has 42 heavy (non-hydrogen) atoms. The smallest absolute Gasteiger partial charge is 0.326 e. The summed E-state index contributed by atoms with van der Waals surface area (Å²) in [5.41, 5.74) is 3.49. The summed E-state index contributed by atoms with van der Waals surface area (Å²) >= 11 is 0. The molecule has 4 rings (SSSR count). The lowest BCUT2D eigenvalue weighted by atomic mass is 10.0. The van der Waals surface area contributed by atoms with Gasteiger partial charge in [0.25, 0.3) is 0 Å². The molecule has 4 aromatic rings. The quantitative estimate of drug-likeness (QED) is 0.113. The van der Waals surface area contributed by atoms with Crippen molar-refractivity contribution in [3.8, 4) is 11.5 Å². The number of carboxylic acids is 2. The molecular formula is C33H33F2NO6. The van der Waals surface area contributed by atoms with Gasteiger partial charge in [-0.25, -0.2) is 9.18 Å². The summed E-state index contributed by atoms with van der Waals surface area (Å²) in [6.07, 6.45) is 8.04. The van der Waals surface area contributed by atoms with Gasteiger partial charge in [0.15, 0.2) is 11.6 Å². The largest absolute Gasteiger partial charge is 0.494 e. The first-order chi connectivity index (χ1) is 20.2. The maximum Gasteiger partial charge on any atom is 0.326 e. The molecule has 9 heteroatoms. The van der Waals surface area contributed by atoms with Crippen LogP contribution in [-0.4, -0.2) is 39.9 Å². The second-order valence-corrected chi connectivity index (χ2v) is 9.92. The van der Waals surface area contributed by atoms with Gasteiger partial charge < -0.3 is 24.3 Å². The van der Waals surface area contributed by atoms with Crippen molar-refractivity contribution in [1.29, 1.82) is 0 Å². The van der Waals surface area contributed by atoms with Crippen LogP contribution >= 0.6 is 0 Å². The van der Waals surface area contributed by atoms with E-state index in [1.165, 1.54) is 12.1 Å². The molecule has 7 nitrogen and oxygen atoms in total. The molecule has 2 N–H and O–H groups in total. The Kier molecular flexibility index (Phi) is 10.3. The van der Waals surface area contributed by atoms with E-state index >= 15 is 0 Å². The van der Waals surface area contributed by atoms with E-state index in [1.807, 2.05) is 60.8 Å². The summed E-state index contributed by atoms with van der Waals surface area (Å²) in [7, 11) is 0. The first-order valence-corrected chi connectivity index (χ1v) is 13.8. The standard InChI is InChI=1S/C33H33F2NO6/c1-22(33(39)40)36-21-25(8-5-12-30(37)38)27-9-4-7-24(32(27)36)16-13-23-14-17-26(18-15-23)41-19-2-3-20-42-29-11-6-10-28(34)31(29)35/h4,6-7,9-11,13-18,21-22H,2-3,5,8,12,19-20H2,1H3,(H,37,38)(H,39,40)/b16-13+. The molecule has 220 valence electrons. The summed E-state index contributed by atoms with van der Waals surface area (Å²) in [5.74, 6) is -3.14. The van der Waals surface area contributed by atoms with Crippen LogP contribution in [0.3, 0.4) is 0 Å². The lowest BCUT2D eigenvalue weighted by Gasteiger charge is -2.12. The molecule has 1 aromatic heterocycles. The summed E-state index contributed by atoms with van der Waals surface area (Å²) in [6.45, 7) is 2.32. The Hall–Kier alpha value is -4.66. The molecule has 0 bridgehead atoms. The fraction of sp³-hybridized carbons (Fsp3) is 0.273. The summed E-state index contributed by atoms with van der Waals surface area (Å²) in [4.78, 5) is 22.8. The average molecular weight is 578 g/mol. The van der Waals surface area contributed by atoms with Gasteiger partial charge in [-0.2, -0.15) is 4.39 Å². The van der Waals surface area contributed by atoms with Gasteiger partial charge in [0, 0.05) is 18.0 Å². The number of halogens is 2. The predicted octanol–water partition coefficient (Wildman–Crippen LogP) is 7.38. The highest BCUT2D eigenvalue weighted by Gasteiger charge is 2.19. The minimum atomic E-state index is -0.985. The van der Waals surface area contributed by atoms with E-state index in [2.05, 4.69) is 0 Å². The van der Waals surface area contributed by atoms with Gasteiger partial charge in [-0.15, -0.1) is 0 Å². The molecule has 0 amide bonds. The number of carboxylic acid groups (broad SMARTS) is 2. The Morgan fingerprint density at radius 3 is 2.33 bits per heavy atom. The molecule has 0 saturated heterocycles. The van der Waals surface area contributed by atoms with Gasteiger partial charge in [-0.1, -0.05) is 48.6 Å². The highest BCUT2D eigenvalue weighted by Crippen LogP contribution is 2.30. The number of unbranched alkanes of at least 4 members (excludes halogenated alkanes) is 1. The number of hydrogen-bond donors (Lipinski definition) is 2. The van der Waals surface area contributed by atoms with Crippen molar-refractivity contribution in [2.75, 3.05) is 13.2 Å². The normalized spacial score (nSPS) is 12.1. The van der Waals surface area contributed by atoms with Gasteiger partial charge in [0.2, 0.25) is 5.82 Å². The number of rotatable bonds is 15. The molecule has 0 radical (unpaired) electrons. The molecule has 0 fully saturated rings. The fourth-order valence-corrected chi connectivity index (χ4v) is 4.63. The number of hydrogen-bond acceptors (Lipinski definition) is 4. The Labute approximate surface area is 242 Å². The maximum atomic E-state index is 13.6. The third-order valence-electron chi connectivity index (χ3n) is 6.89. The van der Waals surface area contributed by atoms with E-state index in [9.17, 15) is 23.5 Å². The lowest BCUT2D eigenvalue weighted by Crippen LogP contribution is -2.14. The highest BCUT2D eigenvalue weighted by molar-refractivity contribution is 5.94. The van der Waals surface area contributed by atoms with Crippen molar-refractivity contribution in [3.63, 3.8) is 0 Å². The Morgan fingerprint density at radius 2 is 1.62 bits per heavy atom. The topological polar surface area (TPSA) is 98.0 Å². The zero-order chi connectivity index (χ0) is 30.1. The molecule has 0 spiro atoms. The second-order valence-electron chi connectivity index (χ2n) is 9.92. The third kappa shape index (κ3) is 7.75. The number of benzene rings is 3. The Balaban J connectivity index is 1.37. The molecule has 0 aliphatic rings. The van der Waals surface area contributed by atoms with Gasteiger partial charge in [-0.3, -0.25) is 4.79 Å². The number of nitrogens with zero attached hydrogens (tertiary/aromatic N) is 1. The van der Waals surface area contributed by atoms with Crippen molar-refractivity contribution >= 4 is 35.0 Å². The number of aryl methyl sites for hydroxylation is 1. The van der Waals surface area contributed by atoms with Gasteiger partial charge in [0.1, 0.15) is 11.8 Å². The van der Waals surface area contributed by atoms with E-state index < -0.39 is 29.6 Å². The van der Waals surface area contributed by atoms with Gasteiger partial charge >= 0.3 is 11.9 Å². The van der Waals surface area contributed by atoms with E-state index in [0.717, 1.165) is 33.7 Å². The zero-order valence-electron chi connectivity index (χ0n) is 23.3. The second kappa shape index (κ2) is 14.3. The van der Waals surface area contributed by atoms with Crippen LogP contribution in [0.15, 0.2) is 66.9 Å². The molecule has 0 aliphatic carbocycles. The minimum Gasteiger partial charge on any atom is -0.494 e. The molecule has 0 aliphatic heterocycles. The van der Waals surface area contributed by atoms with E-state index in [4.69, 9.17) is 14.6 Å². The Bertz CT molecular complexity index is 1560. The van der Waals surface area contributed by atoms with E-state index in [1.54, 1.807) is 11.5 Å². The molecule has 3 aromatic carbocycles. The van der Waals surface area contributed by atoms with Crippen LogP contribution < -0.4 is 9.47 Å². The number of aliphatic carboxylic acids is 2. The average Bonchev–Trinajstić information content (AvgIpc) is 3.35. The minimum absolute atomic E-state index is 0.0483. The lowest BCUT2D eigenvalue weighted by molar-refractivity contribution is -0.140. The summed E-state index contributed by atoms with van der Waals surface area (Å²) in [6, 6.07) is 16.4. The van der Waals surface area contributed by atoms with Crippen LogP contribution in [-0.2, 0) is 16.0 Å². The predicted molar refractivity (Wildman–Crippen MR) is 157 cm³/mol. The van der Waals surface area contributed by atoms with Crippen molar-refractivity contribution in [2.24, 2.45) is 0 Å². The summed E-state index contributed by atoms with van der Waals surface area (Å²) in [5, 5.41) is 19.6. The van der Waals surface area contributed by atoms with E-state index in [-0.39, 0.29) is 18.8 Å². The number of para-hydroxylation sites is 1. The summed E-state index contributed by atoms with van der Waals surface area (Å²) < 4.78 is 39.7. The maximum absolute atomic E-state index is 13.6. The van der Waals surface area contributed by atoms with Crippen molar-refractivity contribution in [1.82, 2.24) is 4.57 Å². The van der Waals surface area contributed by atoms with Crippen molar-refractivity contribution in [2.45, 2.75) is 45.1 Å². The number of fused-ring (bicyclic) bond motifs is 1. The van der Waals surface area contributed by atoms with Crippen LogP contribution in [0.2, 0.25) is 0 Å². The molecule has 0 saturated carbocycles. The van der Waals surface area contributed by atoms with Crippen LogP contribution in [0.5, 0.6) is 11.5 Å². The van der Waals surface area contributed by atoms with Crippen molar-refractivity contribution in [3.05, 3.63) is 95.2 Å². The number of ether oxygens (including phenoxy) is 2. The number of aromatic nitrogens is 1. The van der Waals surface area contributed by atoms with Crippen LogP contribution in [0.1, 0.15) is 55.3 Å². The molecule has 1 atom stereocenters. The zero-order valence-corrected chi connectivity index (χ0v) is 23.3. The molecule has 1 heterocycles. The Morgan fingerprint density at radius 1 is 0.905 bits per heavy atom. The first-order valence-electron chi connectivity index (χ1n) is 13.8. The van der Waals surface area contributed by atoms with Crippen LogP contribution in [0.25, 0.3) is 23.1 Å². The first kappa shape index (κ1) is 30.3. The third-order valence-corrected chi connectivity index (χ3v) is 6.89. The monoisotopic (exact) mass is 577 g/mol. The highest BCUT2D eigenvalue weighted by atomic mass is 19.2. The molecule has 1 unspecified atom stereocenters. The SMILES string of the molecule is CC(C(=O)O)n1cc(CCCC(=O)O)c2cccc(/C=C/c3ccc(OCCCCOc4cccc(F)c4F)cc3)c21. The van der Waals surface area contributed by atoms with Crippen LogP contribution in [0.4, 0.5) is 8.78 Å². The van der Waals surface area contributed by atoms with Gasteiger partial charge in [0.05, 0.1) is 18.7 Å². The van der Waals surface area contributed by atoms with E-state index in [0.29, 0.717) is 38.0 Å². The fourth-order valence-electron chi connectivity index (χ4n) is 4.63. The van der Waals surface area contributed by atoms with Gasteiger partial charge in [-0.05, 0) is 73.6 Å². The van der Waals surface area contributed by atoms with Crippen LogP contribution in [0, 0.1) is 11.6 Å².